The van der Waals surface area contributed by atoms with Crippen molar-refractivity contribution in [1.82, 2.24) is 0 Å². The summed E-state index contributed by atoms with van der Waals surface area (Å²) >= 11 is 9.77. The Kier molecular flexibility index (Phi) is 3.81. The highest BCUT2D eigenvalue weighted by atomic mass is 79.9. The molecule has 3 heteroatoms. The van der Waals surface area contributed by atoms with Crippen molar-refractivity contribution in [2.24, 2.45) is 0 Å². The average Bonchev–Trinajstić information content (AvgIpc) is 2.42. The third-order valence-electron chi connectivity index (χ3n) is 3.58. The minimum absolute atomic E-state index is 0.831. The Balaban J connectivity index is 1.88. The summed E-state index contributed by atoms with van der Waals surface area (Å²) in [4.78, 5) is 2.42. The molecule has 0 fully saturated rings. The van der Waals surface area contributed by atoms with Crippen LogP contribution < -0.4 is 4.90 Å². The predicted octanol–water partition coefficient (Wildman–Crippen LogP) is 5.06. The molecule has 19 heavy (non-hydrogen) atoms. The molecule has 0 saturated carbocycles. The number of anilines is 1. The first-order chi connectivity index (χ1) is 9.24. The van der Waals surface area contributed by atoms with Crippen molar-refractivity contribution in [1.29, 1.82) is 0 Å². The highest BCUT2D eigenvalue weighted by Crippen LogP contribution is 2.30. The molecule has 0 atom stereocenters. The van der Waals surface area contributed by atoms with Gasteiger partial charge in [-0.3, -0.25) is 0 Å². The quantitative estimate of drug-likeness (QED) is 0.741. The largest absolute Gasteiger partial charge is 0.367 e. The van der Waals surface area contributed by atoms with E-state index in [9.17, 15) is 0 Å². The van der Waals surface area contributed by atoms with E-state index in [0.29, 0.717) is 0 Å². The molecule has 0 amide bonds. The van der Waals surface area contributed by atoms with Crippen LogP contribution in [0.2, 0.25) is 5.02 Å². The average molecular weight is 337 g/mol. The van der Waals surface area contributed by atoms with Crippen LogP contribution >= 0.6 is 27.5 Å². The fourth-order valence-electron chi connectivity index (χ4n) is 2.63. The Hall–Kier alpha value is -0.990. The Bertz CT molecular complexity index is 597. The Morgan fingerprint density at radius 1 is 1.16 bits per heavy atom. The fourth-order valence-corrected chi connectivity index (χ4v) is 3.36. The highest BCUT2D eigenvalue weighted by Gasteiger charge is 2.17. The van der Waals surface area contributed by atoms with Crippen LogP contribution in [0.4, 0.5) is 5.69 Å². The van der Waals surface area contributed by atoms with Gasteiger partial charge in [-0.1, -0.05) is 51.8 Å². The van der Waals surface area contributed by atoms with Gasteiger partial charge in [0.1, 0.15) is 0 Å². The second kappa shape index (κ2) is 5.56. The number of para-hydroxylation sites is 1. The van der Waals surface area contributed by atoms with E-state index in [-0.39, 0.29) is 0 Å². The molecule has 1 aliphatic heterocycles. The summed E-state index contributed by atoms with van der Waals surface area (Å²) in [5, 5.41) is 0.831. The SMILES string of the molecule is Clc1cc(Br)ccc1CN1CCCc2ccccc21. The lowest BCUT2D eigenvalue weighted by atomic mass is 10.0. The molecule has 2 aromatic carbocycles. The maximum Gasteiger partial charge on any atom is 0.0467 e. The summed E-state index contributed by atoms with van der Waals surface area (Å²) in [7, 11) is 0. The first kappa shape index (κ1) is 13.0. The van der Waals surface area contributed by atoms with Crippen LogP contribution in [-0.2, 0) is 13.0 Å². The summed E-state index contributed by atoms with van der Waals surface area (Å²) in [5.41, 5.74) is 3.98. The maximum absolute atomic E-state index is 6.32. The molecule has 0 spiro atoms. The Labute approximate surface area is 127 Å². The number of aryl methyl sites for hydroxylation is 1. The smallest absolute Gasteiger partial charge is 0.0467 e. The Morgan fingerprint density at radius 3 is 2.84 bits per heavy atom. The van der Waals surface area contributed by atoms with Crippen molar-refractivity contribution in [2.45, 2.75) is 19.4 Å². The summed E-state index contributed by atoms with van der Waals surface area (Å²) in [6, 6.07) is 14.8. The molecule has 1 heterocycles. The van der Waals surface area contributed by atoms with Crippen molar-refractivity contribution >= 4 is 33.2 Å². The zero-order valence-electron chi connectivity index (χ0n) is 10.6. The van der Waals surface area contributed by atoms with Gasteiger partial charge in [-0.2, -0.15) is 0 Å². The molecular formula is C16H15BrClN. The predicted molar refractivity (Wildman–Crippen MR) is 85.0 cm³/mol. The lowest BCUT2D eigenvalue weighted by Crippen LogP contribution is -2.28. The van der Waals surface area contributed by atoms with Gasteiger partial charge in [0, 0.05) is 28.3 Å². The minimum atomic E-state index is 0.831. The lowest BCUT2D eigenvalue weighted by Gasteiger charge is -2.31. The lowest BCUT2D eigenvalue weighted by molar-refractivity contribution is 0.691. The van der Waals surface area contributed by atoms with Gasteiger partial charge in [-0.15, -0.1) is 0 Å². The van der Waals surface area contributed by atoms with Gasteiger partial charge in [-0.05, 0) is 42.2 Å². The fraction of sp³-hybridized carbons (Fsp3) is 0.250. The van der Waals surface area contributed by atoms with Gasteiger partial charge >= 0.3 is 0 Å². The van der Waals surface area contributed by atoms with Gasteiger partial charge in [0.05, 0.1) is 0 Å². The molecule has 0 radical (unpaired) electrons. The van der Waals surface area contributed by atoms with Crippen LogP contribution in [-0.4, -0.2) is 6.54 Å². The number of halogens is 2. The first-order valence-electron chi connectivity index (χ1n) is 6.51. The summed E-state index contributed by atoms with van der Waals surface area (Å²) in [6.45, 7) is 1.98. The van der Waals surface area contributed by atoms with Gasteiger partial charge in [0.25, 0.3) is 0 Å². The van der Waals surface area contributed by atoms with E-state index >= 15 is 0 Å². The van der Waals surface area contributed by atoms with E-state index in [2.05, 4.69) is 57.2 Å². The summed E-state index contributed by atoms with van der Waals surface area (Å²) in [6.07, 6.45) is 2.39. The monoisotopic (exact) mass is 335 g/mol. The van der Waals surface area contributed by atoms with Crippen molar-refractivity contribution in [3.8, 4) is 0 Å². The highest BCUT2D eigenvalue weighted by molar-refractivity contribution is 9.10. The number of rotatable bonds is 2. The molecule has 0 N–H and O–H groups in total. The van der Waals surface area contributed by atoms with Crippen molar-refractivity contribution in [2.75, 3.05) is 11.4 Å². The van der Waals surface area contributed by atoms with Gasteiger partial charge < -0.3 is 4.90 Å². The van der Waals surface area contributed by atoms with Gasteiger partial charge in [0.15, 0.2) is 0 Å². The van der Waals surface area contributed by atoms with Gasteiger partial charge in [0.2, 0.25) is 0 Å². The van der Waals surface area contributed by atoms with Gasteiger partial charge in [-0.25, -0.2) is 0 Å². The maximum atomic E-state index is 6.32. The standard InChI is InChI=1S/C16H15BrClN/c17-14-8-7-13(15(18)10-14)11-19-9-3-5-12-4-1-2-6-16(12)19/h1-2,4,6-8,10H,3,5,9,11H2. The van der Waals surface area contributed by atoms with Crippen LogP contribution in [0.25, 0.3) is 0 Å². The topological polar surface area (TPSA) is 3.24 Å². The zero-order valence-corrected chi connectivity index (χ0v) is 12.9. The molecule has 0 aliphatic carbocycles. The van der Waals surface area contributed by atoms with E-state index in [1.807, 2.05) is 6.07 Å². The molecule has 1 nitrogen and oxygen atoms in total. The molecule has 98 valence electrons. The van der Waals surface area contributed by atoms with E-state index in [1.165, 1.54) is 29.7 Å². The number of fused-ring (bicyclic) bond motifs is 1. The number of benzene rings is 2. The van der Waals surface area contributed by atoms with Crippen molar-refractivity contribution in [3.63, 3.8) is 0 Å². The first-order valence-corrected chi connectivity index (χ1v) is 7.68. The second-order valence-electron chi connectivity index (χ2n) is 4.89. The molecule has 0 unspecified atom stereocenters. The molecular weight excluding hydrogens is 322 g/mol. The number of nitrogens with zero attached hydrogens (tertiary/aromatic N) is 1. The van der Waals surface area contributed by atoms with E-state index in [0.717, 1.165) is 22.6 Å². The third kappa shape index (κ3) is 2.80. The minimum Gasteiger partial charge on any atom is -0.367 e. The zero-order chi connectivity index (χ0) is 13.2. The van der Waals surface area contributed by atoms with E-state index < -0.39 is 0 Å². The molecule has 2 aromatic rings. The van der Waals surface area contributed by atoms with Crippen LogP contribution in [0.15, 0.2) is 46.9 Å². The van der Waals surface area contributed by atoms with E-state index in [4.69, 9.17) is 11.6 Å². The van der Waals surface area contributed by atoms with Crippen molar-refractivity contribution < 1.29 is 0 Å². The number of hydrogen-bond acceptors (Lipinski definition) is 1. The van der Waals surface area contributed by atoms with Crippen LogP contribution in [0.3, 0.4) is 0 Å². The Morgan fingerprint density at radius 2 is 2.00 bits per heavy atom. The van der Waals surface area contributed by atoms with Crippen LogP contribution in [0.1, 0.15) is 17.5 Å². The summed E-state index contributed by atoms with van der Waals surface area (Å²) < 4.78 is 1.03. The molecule has 3 rings (SSSR count). The summed E-state index contributed by atoms with van der Waals surface area (Å²) in [5.74, 6) is 0. The van der Waals surface area contributed by atoms with E-state index in [1.54, 1.807) is 0 Å². The molecule has 0 aromatic heterocycles. The molecule has 0 bridgehead atoms. The molecule has 0 saturated heterocycles. The normalized spacial score (nSPS) is 14.3. The number of hydrogen-bond donors (Lipinski definition) is 0. The second-order valence-corrected chi connectivity index (χ2v) is 6.21. The van der Waals surface area contributed by atoms with Crippen LogP contribution in [0.5, 0.6) is 0 Å². The van der Waals surface area contributed by atoms with Crippen molar-refractivity contribution in [3.05, 3.63) is 63.1 Å². The molecule has 1 aliphatic rings. The third-order valence-corrected chi connectivity index (χ3v) is 4.43. The van der Waals surface area contributed by atoms with Crippen LogP contribution in [0, 0.1) is 0 Å².